The van der Waals surface area contributed by atoms with Crippen molar-refractivity contribution in [3.63, 3.8) is 0 Å². The number of amidine groups is 1. The van der Waals surface area contributed by atoms with E-state index >= 15 is 0 Å². The van der Waals surface area contributed by atoms with Crippen LogP contribution in [-0.4, -0.2) is 48.2 Å². The van der Waals surface area contributed by atoms with Crippen LogP contribution in [0.25, 0.3) is 0 Å². The summed E-state index contributed by atoms with van der Waals surface area (Å²) >= 11 is 6.74. The number of sulfone groups is 1. The standard InChI is InChI=1S/C13H12ClFN2O3S2/c14-5-12(18)16-13-17(9-3-1-8(15)2-4-9)10-6-22(19,20)7-11(10)21-13/h1-4,10-11H,5-7H2/t10-,11-/m0/s1. The number of amides is 1. The fraction of sp³-hybridized carbons (Fsp3) is 0.385. The van der Waals surface area contributed by atoms with Gasteiger partial charge >= 0.3 is 0 Å². The maximum atomic E-state index is 13.1. The molecule has 3 rings (SSSR count). The number of hydrogen-bond donors (Lipinski definition) is 0. The lowest BCUT2D eigenvalue weighted by Gasteiger charge is -2.24. The Hall–Kier alpha value is -1.12. The first-order valence-corrected chi connectivity index (χ1v) is 9.72. The van der Waals surface area contributed by atoms with Crippen LogP contribution < -0.4 is 4.90 Å². The zero-order valence-electron chi connectivity index (χ0n) is 11.3. The van der Waals surface area contributed by atoms with Gasteiger partial charge in [0, 0.05) is 10.9 Å². The molecule has 2 fully saturated rings. The minimum absolute atomic E-state index is 0.00384. The van der Waals surface area contributed by atoms with E-state index < -0.39 is 15.7 Å². The molecule has 2 saturated heterocycles. The minimum atomic E-state index is -3.11. The molecule has 2 atom stereocenters. The molecule has 0 aliphatic carbocycles. The first kappa shape index (κ1) is 15.8. The Morgan fingerprint density at radius 3 is 2.68 bits per heavy atom. The van der Waals surface area contributed by atoms with E-state index in [0.717, 1.165) is 0 Å². The third kappa shape index (κ3) is 3.00. The topological polar surface area (TPSA) is 66.8 Å². The largest absolute Gasteiger partial charge is 0.316 e. The number of hydrogen-bond acceptors (Lipinski definition) is 4. The van der Waals surface area contributed by atoms with E-state index in [0.29, 0.717) is 10.9 Å². The summed E-state index contributed by atoms with van der Waals surface area (Å²) in [5.74, 6) is -1.07. The van der Waals surface area contributed by atoms with Crippen molar-refractivity contribution < 1.29 is 17.6 Å². The van der Waals surface area contributed by atoms with Gasteiger partial charge in [-0.3, -0.25) is 4.79 Å². The van der Waals surface area contributed by atoms with Crippen LogP contribution in [0, 0.1) is 5.82 Å². The van der Waals surface area contributed by atoms with Gasteiger partial charge in [-0.05, 0) is 24.3 Å². The maximum absolute atomic E-state index is 13.1. The number of halogens is 2. The molecule has 0 saturated carbocycles. The van der Waals surface area contributed by atoms with Crippen LogP contribution in [0.5, 0.6) is 0 Å². The van der Waals surface area contributed by atoms with Crippen LogP contribution in [0.15, 0.2) is 29.3 Å². The first-order chi connectivity index (χ1) is 10.4. The van der Waals surface area contributed by atoms with E-state index in [1.807, 2.05) is 0 Å². The fourth-order valence-corrected chi connectivity index (χ4v) is 6.60. The summed E-state index contributed by atoms with van der Waals surface area (Å²) in [6.07, 6.45) is 0. The number of nitrogens with zero attached hydrogens (tertiary/aromatic N) is 2. The average molecular weight is 363 g/mol. The van der Waals surface area contributed by atoms with Crippen LogP contribution in [0.3, 0.4) is 0 Å². The first-order valence-electron chi connectivity index (χ1n) is 6.49. The second kappa shape index (κ2) is 5.82. The summed E-state index contributed by atoms with van der Waals surface area (Å²) in [6.45, 7) is 0. The van der Waals surface area contributed by atoms with E-state index in [2.05, 4.69) is 4.99 Å². The van der Waals surface area contributed by atoms with Crippen molar-refractivity contribution >= 4 is 50.0 Å². The lowest BCUT2D eigenvalue weighted by Crippen LogP contribution is -2.37. The highest BCUT2D eigenvalue weighted by molar-refractivity contribution is 8.16. The number of benzene rings is 1. The molecule has 0 unspecified atom stereocenters. The zero-order valence-corrected chi connectivity index (χ0v) is 13.7. The van der Waals surface area contributed by atoms with E-state index in [-0.39, 0.29) is 34.5 Å². The molecule has 9 heteroatoms. The van der Waals surface area contributed by atoms with Crippen LogP contribution in [0.2, 0.25) is 0 Å². The van der Waals surface area contributed by atoms with Gasteiger partial charge in [-0.2, -0.15) is 4.99 Å². The molecular weight excluding hydrogens is 351 g/mol. The number of fused-ring (bicyclic) bond motifs is 1. The second-order valence-electron chi connectivity index (χ2n) is 5.07. The maximum Gasteiger partial charge on any atom is 0.262 e. The Labute approximate surface area is 136 Å². The number of aliphatic imine (C=N–C) groups is 1. The van der Waals surface area contributed by atoms with Gasteiger partial charge < -0.3 is 4.90 Å². The zero-order chi connectivity index (χ0) is 15.9. The summed E-state index contributed by atoms with van der Waals surface area (Å²) in [5, 5.41) is 0.235. The third-order valence-electron chi connectivity index (χ3n) is 3.51. The predicted molar refractivity (Wildman–Crippen MR) is 85.9 cm³/mol. The third-order valence-corrected chi connectivity index (χ3v) is 6.94. The quantitative estimate of drug-likeness (QED) is 0.749. The van der Waals surface area contributed by atoms with Gasteiger partial charge in [0.05, 0.1) is 17.5 Å². The van der Waals surface area contributed by atoms with Gasteiger partial charge in [0.15, 0.2) is 15.0 Å². The van der Waals surface area contributed by atoms with Crippen molar-refractivity contribution in [3.05, 3.63) is 30.1 Å². The van der Waals surface area contributed by atoms with Crippen LogP contribution >= 0.6 is 23.4 Å². The van der Waals surface area contributed by atoms with Crippen molar-refractivity contribution in [1.82, 2.24) is 0 Å². The van der Waals surface area contributed by atoms with Crippen LogP contribution in [0.4, 0.5) is 10.1 Å². The number of carbonyl (C=O) groups is 1. The molecule has 0 aromatic heterocycles. The Morgan fingerprint density at radius 2 is 2.05 bits per heavy atom. The summed E-state index contributed by atoms with van der Waals surface area (Å²) in [6, 6.07) is 5.37. The lowest BCUT2D eigenvalue weighted by atomic mass is 10.2. The number of anilines is 1. The minimum Gasteiger partial charge on any atom is -0.316 e. The molecule has 2 aliphatic rings. The molecule has 5 nitrogen and oxygen atoms in total. The Balaban J connectivity index is 2.01. The highest BCUT2D eigenvalue weighted by Gasteiger charge is 2.49. The predicted octanol–water partition coefficient (Wildman–Crippen LogP) is 1.67. The monoisotopic (exact) mass is 362 g/mol. The second-order valence-corrected chi connectivity index (χ2v) is 8.70. The summed E-state index contributed by atoms with van der Waals surface area (Å²) in [5.41, 5.74) is 0.611. The van der Waals surface area contributed by atoms with Gasteiger partial charge in [0.2, 0.25) is 0 Å². The molecule has 1 aromatic carbocycles. The van der Waals surface area contributed by atoms with Crippen molar-refractivity contribution in [2.24, 2.45) is 4.99 Å². The molecular formula is C13H12ClFN2O3S2. The van der Waals surface area contributed by atoms with E-state index in [4.69, 9.17) is 11.6 Å². The molecule has 118 valence electrons. The normalized spacial score (nSPS) is 28.1. The highest BCUT2D eigenvalue weighted by Crippen LogP contribution is 2.40. The van der Waals surface area contributed by atoms with Crippen molar-refractivity contribution in [3.8, 4) is 0 Å². The highest BCUT2D eigenvalue weighted by atomic mass is 35.5. The summed E-state index contributed by atoms with van der Waals surface area (Å²) < 4.78 is 36.8. The van der Waals surface area contributed by atoms with E-state index in [1.54, 1.807) is 17.0 Å². The van der Waals surface area contributed by atoms with Crippen molar-refractivity contribution in [1.29, 1.82) is 0 Å². The van der Waals surface area contributed by atoms with Crippen molar-refractivity contribution in [2.75, 3.05) is 22.3 Å². The fourth-order valence-electron chi connectivity index (χ4n) is 2.60. The van der Waals surface area contributed by atoms with E-state index in [9.17, 15) is 17.6 Å². The van der Waals surface area contributed by atoms with Gasteiger partial charge in [-0.1, -0.05) is 11.8 Å². The number of alkyl halides is 1. The SMILES string of the molecule is O=C(CCl)N=C1S[C@H]2CS(=O)(=O)C[C@@H]2N1c1ccc(F)cc1. The van der Waals surface area contributed by atoms with Gasteiger partial charge in [-0.15, -0.1) is 11.6 Å². The van der Waals surface area contributed by atoms with Gasteiger partial charge in [0.1, 0.15) is 11.7 Å². The Bertz CT molecular complexity index is 736. The lowest BCUT2D eigenvalue weighted by molar-refractivity contribution is -0.115. The Morgan fingerprint density at radius 1 is 1.36 bits per heavy atom. The molecule has 0 spiro atoms. The van der Waals surface area contributed by atoms with Gasteiger partial charge in [-0.25, -0.2) is 12.8 Å². The van der Waals surface area contributed by atoms with E-state index in [1.165, 1.54) is 23.9 Å². The molecule has 2 heterocycles. The molecule has 1 aromatic rings. The molecule has 0 radical (unpaired) electrons. The van der Waals surface area contributed by atoms with Crippen LogP contribution in [0.1, 0.15) is 0 Å². The summed E-state index contributed by atoms with van der Waals surface area (Å²) in [4.78, 5) is 17.2. The molecule has 2 aliphatic heterocycles. The average Bonchev–Trinajstić information content (AvgIpc) is 2.91. The molecule has 0 bridgehead atoms. The molecule has 0 N–H and O–H groups in total. The molecule has 22 heavy (non-hydrogen) atoms. The Kier molecular flexibility index (Phi) is 4.17. The molecule has 1 amide bonds. The smallest absolute Gasteiger partial charge is 0.262 e. The number of carbonyl (C=O) groups excluding carboxylic acids is 1. The number of rotatable bonds is 2. The number of thioether (sulfide) groups is 1. The van der Waals surface area contributed by atoms with Gasteiger partial charge in [0.25, 0.3) is 5.91 Å². The summed E-state index contributed by atoms with van der Waals surface area (Å²) in [7, 11) is -3.11. The van der Waals surface area contributed by atoms with Crippen molar-refractivity contribution in [2.45, 2.75) is 11.3 Å². The van der Waals surface area contributed by atoms with Crippen LogP contribution in [-0.2, 0) is 14.6 Å².